The van der Waals surface area contributed by atoms with E-state index in [0.29, 0.717) is 5.56 Å². The van der Waals surface area contributed by atoms with Crippen LogP contribution in [0.1, 0.15) is 21.5 Å². The van der Waals surface area contributed by atoms with Crippen molar-refractivity contribution in [2.75, 3.05) is 0 Å². The van der Waals surface area contributed by atoms with E-state index in [1.54, 1.807) is 12.3 Å². The predicted molar refractivity (Wildman–Crippen MR) is 65.9 cm³/mol. The first-order chi connectivity index (χ1) is 7.66. The number of benzene rings is 1. The van der Waals surface area contributed by atoms with Crippen LogP contribution in [0.25, 0.3) is 0 Å². The van der Waals surface area contributed by atoms with E-state index >= 15 is 0 Å². The second-order valence-electron chi connectivity index (χ2n) is 3.14. The van der Waals surface area contributed by atoms with Gasteiger partial charge in [0, 0.05) is 11.8 Å². The molecule has 1 aromatic rings. The molecule has 6 heteroatoms. The number of nitrogens with two attached hydrogens (primary N) is 1. The first-order valence-electron chi connectivity index (χ1n) is 4.48. The molecule has 0 saturated carbocycles. The molecule has 0 atom stereocenters. The highest BCUT2D eigenvalue weighted by Crippen LogP contribution is 2.15. The Morgan fingerprint density at radius 3 is 3.12 bits per heavy atom. The third-order valence-electron chi connectivity index (χ3n) is 2.02. The molecule has 1 aromatic carbocycles. The van der Waals surface area contributed by atoms with E-state index in [0.717, 1.165) is 11.1 Å². The number of amides is 1. The zero-order valence-corrected chi connectivity index (χ0v) is 8.99. The van der Waals surface area contributed by atoms with E-state index in [1.165, 1.54) is 6.21 Å². The fraction of sp³-hybridized carbons (Fsp3) is 0. The van der Waals surface area contributed by atoms with Gasteiger partial charge in [0.2, 0.25) is 0 Å². The second-order valence-corrected chi connectivity index (χ2v) is 3.58. The third kappa shape index (κ3) is 2.12. The van der Waals surface area contributed by atoms with Crippen molar-refractivity contribution in [1.82, 2.24) is 5.43 Å². The SMILES string of the molecule is NC(=S)NN=Cc1ccc2c(c1)C(=O)N=C2. The van der Waals surface area contributed by atoms with Crippen LogP contribution in [-0.2, 0) is 0 Å². The summed E-state index contributed by atoms with van der Waals surface area (Å²) >= 11 is 4.59. The largest absolute Gasteiger partial charge is 0.375 e. The molecule has 2 rings (SSSR count). The monoisotopic (exact) mass is 232 g/mol. The van der Waals surface area contributed by atoms with E-state index in [4.69, 9.17) is 5.73 Å². The van der Waals surface area contributed by atoms with Crippen molar-refractivity contribution in [3.63, 3.8) is 0 Å². The van der Waals surface area contributed by atoms with Crippen LogP contribution in [0.5, 0.6) is 0 Å². The van der Waals surface area contributed by atoms with Gasteiger partial charge in [-0.25, -0.2) is 4.99 Å². The number of nitrogens with one attached hydrogen (secondary N) is 1. The number of aliphatic imine (C=N–C) groups is 1. The van der Waals surface area contributed by atoms with Gasteiger partial charge in [0.1, 0.15) is 0 Å². The fourth-order valence-electron chi connectivity index (χ4n) is 1.32. The maximum Gasteiger partial charge on any atom is 0.277 e. The highest BCUT2D eigenvalue weighted by molar-refractivity contribution is 7.80. The van der Waals surface area contributed by atoms with Crippen LogP contribution in [0, 0.1) is 0 Å². The summed E-state index contributed by atoms with van der Waals surface area (Å²) in [5.74, 6) is -0.229. The van der Waals surface area contributed by atoms with Crippen molar-refractivity contribution in [3.8, 4) is 0 Å². The molecule has 1 aliphatic rings. The summed E-state index contributed by atoms with van der Waals surface area (Å²) in [6.45, 7) is 0. The molecule has 0 radical (unpaired) electrons. The Bertz CT molecular complexity index is 522. The molecule has 0 fully saturated rings. The quantitative estimate of drug-likeness (QED) is 0.440. The Labute approximate surface area is 97.1 Å². The molecule has 1 aliphatic heterocycles. The van der Waals surface area contributed by atoms with Crippen molar-refractivity contribution >= 4 is 35.7 Å². The van der Waals surface area contributed by atoms with Gasteiger partial charge in [-0.05, 0) is 23.8 Å². The lowest BCUT2D eigenvalue weighted by atomic mass is 10.1. The summed E-state index contributed by atoms with van der Waals surface area (Å²) in [4.78, 5) is 15.0. The average Bonchev–Trinajstić information content (AvgIpc) is 2.60. The maximum atomic E-state index is 11.3. The number of hydrazone groups is 1. The van der Waals surface area contributed by atoms with Gasteiger partial charge < -0.3 is 5.73 Å². The minimum absolute atomic E-state index is 0.0943. The normalized spacial score (nSPS) is 13.1. The first-order valence-corrected chi connectivity index (χ1v) is 4.88. The van der Waals surface area contributed by atoms with Crippen LogP contribution in [0.3, 0.4) is 0 Å². The summed E-state index contributed by atoms with van der Waals surface area (Å²) in [6, 6.07) is 5.36. The van der Waals surface area contributed by atoms with Crippen LogP contribution in [-0.4, -0.2) is 23.4 Å². The number of hydrogen-bond acceptors (Lipinski definition) is 3. The van der Waals surface area contributed by atoms with Gasteiger partial charge in [0.05, 0.1) is 11.8 Å². The summed E-state index contributed by atoms with van der Waals surface area (Å²) in [5, 5.41) is 3.89. The average molecular weight is 232 g/mol. The number of hydrogen-bond donors (Lipinski definition) is 2. The van der Waals surface area contributed by atoms with Gasteiger partial charge in [0.25, 0.3) is 5.91 Å². The number of rotatable bonds is 2. The Balaban J connectivity index is 2.20. The van der Waals surface area contributed by atoms with Gasteiger partial charge in [-0.1, -0.05) is 12.1 Å². The van der Waals surface area contributed by atoms with Crippen molar-refractivity contribution in [1.29, 1.82) is 0 Å². The highest BCUT2D eigenvalue weighted by Gasteiger charge is 2.14. The summed E-state index contributed by atoms with van der Waals surface area (Å²) in [7, 11) is 0. The maximum absolute atomic E-state index is 11.3. The molecule has 3 N–H and O–H groups in total. The lowest BCUT2D eigenvalue weighted by molar-refractivity contribution is 0.101. The van der Waals surface area contributed by atoms with Crippen LogP contribution < -0.4 is 11.2 Å². The molecule has 16 heavy (non-hydrogen) atoms. The first kappa shape index (κ1) is 10.4. The third-order valence-corrected chi connectivity index (χ3v) is 2.11. The van der Waals surface area contributed by atoms with Crippen molar-refractivity contribution in [2.24, 2.45) is 15.8 Å². The number of thiocarbonyl (C=S) groups is 1. The molecule has 0 bridgehead atoms. The number of carbonyl (C=O) groups is 1. The van der Waals surface area contributed by atoms with Gasteiger partial charge in [0.15, 0.2) is 5.11 Å². The predicted octanol–water partition coefficient (Wildman–Crippen LogP) is 0.426. The fourth-order valence-corrected chi connectivity index (χ4v) is 1.37. The Morgan fingerprint density at radius 1 is 1.56 bits per heavy atom. The molecular formula is C10H8N4OS. The molecule has 1 amide bonds. The molecule has 0 spiro atoms. The molecule has 1 heterocycles. The minimum atomic E-state index is -0.229. The molecule has 0 unspecified atom stereocenters. The van der Waals surface area contributed by atoms with Crippen LogP contribution in [0.15, 0.2) is 28.3 Å². The van der Waals surface area contributed by atoms with E-state index in [-0.39, 0.29) is 11.0 Å². The standard InChI is InChI=1S/C10H8N4OS/c11-10(16)14-13-4-6-1-2-7-5-12-9(15)8(7)3-6/h1-5H,(H3,11,14,16). The smallest absolute Gasteiger partial charge is 0.277 e. The Kier molecular flexibility index (Phi) is 2.74. The van der Waals surface area contributed by atoms with Crippen molar-refractivity contribution < 1.29 is 4.79 Å². The lowest BCUT2D eigenvalue weighted by Crippen LogP contribution is -2.24. The lowest BCUT2D eigenvalue weighted by Gasteiger charge is -1.98. The molecule has 0 saturated heterocycles. The number of nitrogens with zero attached hydrogens (tertiary/aromatic N) is 2. The van der Waals surface area contributed by atoms with E-state index in [9.17, 15) is 4.79 Å². The Hall–Kier alpha value is -2.08. The second kappa shape index (κ2) is 4.19. The van der Waals surface area contributed by atoms with Gasteiger partial charge in [-0.2, -0.15) is 5.10 Å². The van der Waals surface area contributed by atoms with Crippen LogP contribution in [0.4, 0.5) is 0 Å². The van der Waals surface area contributed by atoms with Crippen molar-refractivity contribution in [3.05, 3.63) is 34.9 Å². The summed E-state index contributed by atoms with van der Waals surface area (Å²) < 4.78 is 0. The zero-order chi connectivity index (χ0) is 11.5. The summed E-state index contributed by atoms with van der Waals surface area (Å²) in [5.41, 5.74) is 9.82. The van der Waals surface area contributed by atoms with Crippen LogP contribution in [0.2, 0.25) is 0 Å². The Morgan fingerprint density at radius 2 is 2.38 bits per heavy atom. The van der Waals surface area contributed by atoms with E-state index in [2.05, 4.69) is 27.7 Å². The topological polar surface area (TPSA) is 79.8 Å². The zero-order valence-electron chi connectivity index (χ0n) is 8.18. The van der Waals surface area contributed by atoms with E-state index in [1.807, 2.05) is 12.1 Å². The highest BCUT2D eigenvalue weighted by atomic mass is 32.1. The van der Waals surface area contributed by atoms with Crippen LogP contribution >= 0.6 is 12.2 Å². The number of fused-ring (bicyclic) bond motifs is 1. The number of carbonyl (C=O) groups excluding carboxylic acids is 1. The van der Waals surface area contributed by atoms with Gasteiger partial charge in [-0.3, -0.25) is 10.2 Å². The molecular weight excluding hydrogens is 224 g/mol. The van der Waals surface area contributed by atoms with Gasteiger partial charge >= 0.3 is 0 Å². The van der Waals surface area contributed by atoms with Crippen molar-refractivity contribution in [2.45, 2.75) is 0 Å². The van der Waals surface area contributed by atoms with Gasteiger partial charge in [-0.15, -0.1) is 0 Å². The molecule has 0 aromatic heterocycles. The molecule has 80 valence electrons. The molecule has 5 nitrogen and oxygen atoms in total. The summed E-state index contributed by atoms with van der Waals surface area (Å²) in [6.07, 6.45) is 3.08. The molecule has 0 aliphatic carbocycles. The van der Waals surface area contributed by atoms with E-state index < -0.39 is 0 Å². The minimum Gasteiger partial charge on any atom is -0.375 e.